The van der Waals surface area contributed by atoms with Gasteiger partial charge in [0, 0.05) is 57.6 Å². The van der Waals surface area contributed by atoms with Crippen molar-refractivity contribution in [2.24, 2.45) is 0 Å². The van der Waals surface area contributed by atoms with E-state index in [9.17, 15) is 14.4 Å². The average Bonchev–Trinajstić information content (AvgIpc) is 2.69. The van der Waals surface area contributed by atoms with Crippen LogP contribution in [0.15, 0.2) is 42.7 Å². The van der Waals surface area contributed by atoms with Crippen molar-refractivity contribution in [3.05, 3.63) is 48.3 Å². The fourth-order valence-electron chi connectivity index (χ4n) is 3.05. The molecule has 3 amide bonds. The van der Waals surface area contributed by atoms with Gasteiger partial charge in [0.15, 0.2) is 0 Å². The Morgan fingerprint density at radius 1 is 0.893 bits per heavy atom. The third-order valence-electron chi connectivity index (χ3n) is 4.54. The molecule has 1 aromatic carbocycles. The van der Waals surface area contributed by atoms with E-state index in [1.165, 1.54) is 13.1 Å². The van der Waals surface area contributed by atoms with Gasteiger partial charge in [-0.15, -0.1) is 0 Å². The molecule has 0 unspecified atom stereocenters. The molecule has 146 valence electrons. The standard InChI is InChI=1S/C20H23N5O3/c1-14(26)22-17-3-5-18(6-4-17)23-20(28)16-11-19(13-21-12-16)25-9-7-24(8-10-25)15(2)27/h3-6,11-13H,7-10H2,1-2H3,(H,22,26)(H,23,28). The van der Waals surface area contributed by atoms with E-state index in [4.69, 9.17) is 0 Å². The van der Waals surface area contributed by atoms with E-state index >= 15 is 0 Å². The van der Waals surface area contributed by atoms with E-state index in [1.54, 1.807) is 43.5 Å². The molecule has 1 aliphatic rings. The zero-order valence-corrected chi connectivity index (χ0v) is 15.9. The molecule has 0 bridgehead atoms. The lowest BCUT2D eigenvalue weighted by Crippen LogP contribution is -2.48. The molecule has 0 saturated carbocycles. The number of aromatic nitrogens is 1. The summed E-state index contributed by atoms with van der Waals surface area (Å²) in [6.07, 6.45) is 3.25. The molecule has 3 rings (SSSR count). The summed E-state index contributed by atoms with van der Waals surface area (Å²) in [6, 6.07) is 8.70. The van der Waals surface area contributed by atoms with Crippen molar-refractivity contribution in [2.45, 2.75) is 13.8 Å². The molecule has 2 heterocycles. The number of pyridine rings is 1. The van der Waals surface area contributed by atoms with Gasteiger partial charge in [-0.2, -0.15) is 0 Å². The van der Waals surface area contributed by atoms with Crippen LogP contribution < -0.4 is 15.5 Å². The Hall–Kier alpha value is -3.42. The molecule has 1 aliphatic heterocycles. The number of hydrogen-bond acceptors (Lipinski definition) is 5. The van der Waals surface area contributed by atoms with Gasteiger partial charge in [0.2, 0.25) is 11.8 Å². The van der Waals surface area contributed by atoms with Crippen LogP contribution in [0, 0.1) is 0 Å². The molecule has 0 atom stereocenters. The second-order valence-corrected chi connectivity index (χ2v) is 6.64. The highest BCUT2D eigenvalue weighted by Gasteiger charge is 2.19. The number of amides is 3. The number of nitrogens with zero attached hydrogens (tertiary/aromatic N) is 3. The Kier molecular flexibility index (Phi) is 5.88. The normalized spacial score (nSPS) is 13.8. The van der Waals surface area contributed by atoms with Crippen molar-refractivity contribution >= 4 is 34.8 Å². The third-order valence-corrected chi connectivity index (χ3v) is 4.54. The van der Waals surface area contributed by atoms with Crippen LogP contribution in [0.2, 0.25) is 0 Å². The first kappa shape index (κ1) is 19.3. The Labute approximate surface area is 163 Å². The summed E-state index contributed by atoms with van der Waals surface area (Å²) >= 11 is 0. The number of carbonyl (C=O) groups excluding carboxylic acids is 3. The predicted octanol–water partition coefficient (Wildman–Crippen LogP) is 1.96. The number of piperazine rings is 1. The monoisotopic (exact) mass is 381 g/mol. The van der Waals surface area contributed by atoms with Gasteiger partial charge in [-0.1, -0.05) is 0 Å². The van der Waals surface area contributed by atoms with Gasteiger partial charge in [-0.05, 0) is 30.3 Å². The van der Waals surface area contributed by atoms with Crippen molar-refractivity contribution in [1.82, 2.24) is 9.88 Å². The minimum atomic E-state index is -0.260. The van der Waals surface area contributed by atoms with Crippen LogP contribution >= 0.6 is 0 Å². The third kappa shape index (κ3) is 4.85. The van der Waals surface area contributed by atoms with Crippen molar-refractivity contribution < 1.29 is 14.4 Å². The molecule has 0 spiro atoms. The minimum Gasteiger partial charge on any atom is -0.367 e. The highest BCUT2D eigenvalue weighted by Crippen LogP contribution is 2.19. The molecule has 1 fully saturated rings. The van der Waals surface area contributed by atoms with E-state index in [2.05, 4.69) is 20.5 Å². The maximum atomic E-state index is 12.6. The second-order valence-electron chi connectivity index (χ2n) is 6.64. The predicted molar refractivity (Wildman–Crippen MR) is 107 cm³/mol. The van der Waals surface area contributed by atoms with E-state index in [0.29, 0.717) is 43.1 Å². The SMILES string of the molecule is CC(=O)Nc1ccc(NC(=O)c2cncc(N3CCN(C(C)=O)CC3)c2)cc1. The van der Waals surface area contributed by atoms with E-state index in [-0.39, 0.29) is 17.7 Å². The van der Waals surface area contributed by atoms with Crippen molar-refractivity contribution in [1.29, 1.82) is 0 Å². The topological polar surface area (TPSA) is 94.6 Å². The van der Waals surface area contributed by atoms with Crippen LogP contribution in [0.4, 0.5) is 17.1 Å². The van der Waals surface area contributed by atoms with Gasteiger partial charge in [0.1, 0.15) is 0 Å². The lowest BCUT2D eigenvalue weighted by atomic mass is 10.2. The van der Waals surface area contributed by atoms with E-state index < -0.39 is 0 Å². The summed E-state index contributed by atoms with van der Waals surface area (Å²) in [5.41, 5.74) is 2.60. The summed E-state index contributed by atoms with van der Waals surface area (Å²) in [6.45, 7) is 5.74. The quantitative estimate of drug-likeness (QED) is 0.844. The lowest BCUT2D eigenvalue weighted by molar-refractivity contribution is -0.129. The smallest absolute Gasteiger partial charge is 0.257 e. The average molecular weight is 381 g/mol. The van der Waals surface area contributed by atoms with Gasteiger partial charge in [-0.3, -0.25) is 19.4 Å². The highest BCUT2D eigenvalue weighted by atomic mass is 16.2. The van der Waals surface area contributed by atoms with E-state index in [1.807, 2.05) is 4.90 Å². The second kappa shape index (κ2) is 8.51. The minimum absolute atomic E-state index is 0.0791. The molecule has 1 saturated heterocycles. The molecule has 0 radical (unpaired) electrons. The van der Waals surface area contributed by atoms with Crippen molar-refractivity contribution in [3.8, 4) is 0 Å². The summed E-state index contributed by atoms with van der Waals surface area (Å²) in [5.74, 6) is -0.330. The van der Waals surface area contributed by atoms with Crippen LogP contribution in [0.1, 0.15) is 24.2 Å². The number of nitrogens with one attached hydrogen (secondary N) is 2. The molecule has 0 aliphatic carbocycles. The molecular weight excluding hydrogens is 358 g/mol. The molecule has 2 aromatic rings. The largest absolute Gasteiger partial charge is 0.367 e. The highest BCUT2D eigenvalue weighted by molar-refractivity contribution is 6.04. The van der Waals surface area contributed by atoms with Gasteiger partial charge in [-0.25, -0.2) is 0 Å². The van der Waals surface area contributed by atoms with Crippen LogP contribution in [0.5, 0.6) is 0 Å². The number of anilines is 3. The Morgan fingerprint density at radius 3 is 2.07 bits per heavy atom. The first-order valence-electron chi connectivity index (χ1n) is 9.07. The number of hydrogen-bond donors (Lipinski definition) is 2. The van der Waals surface area contributed by atoms with Crippen LogP contribution in [-0.4, -0.2) is 53.8 Å². The zero-order valence-electron chi connectivity index (χ0n) is 15.9. The van der Waals surface area contributed by atoms with Crippen LogP contribution in [0.3, 0.4) is 0 Å². The van der Waals surface area contributed by atoms with Gasteiger partial charge < -0.3 is 20.4 Å². The van der Waals surface area contributed by atoms with Crippen LogP contribution in [-0.2, 0) is 9.59 Å². The summed E-state index contributed by atoms with van der Waals surface area (Å²) in [7, 11) is 0. The maximum absolute atomic E-state index is 12.6. The number of carbonyl (C=O) groups is 3. The fourth-order valence-corrected chi connectivity index (χ4v) is 3.05. The molecule has 1 aromatic heterocycles. The van der Waals surface area contributed by atoms with Gasteiger partial charge in [0.05, 0.1) is 17.4 Å². The summed E-state index contributed by atoms with van der Waals surface area (Å²) in [5, 5.41) is 5.51. The Bertz CT molecular complexity index is 874. The summed E-state index contributed by atoms with van der Waals surface area (Å²) in [4.78, 5) is 43.2. The van der Waals surface area contributed by atoms with Crippen LogP contribution in [0.25, 0.3) is 0 Å². The van der Waals surface area contributed by atoms with Gasteiger partial charge in [0.25, 0.3) is 5.91 Å². The van der Waals surface area contributed by atoms with Crippen molar-refractivity contribution in [2.75, 3.05) is 41.7 Å². The van der Waals surface area contributed by atoms with E-state index in [0.717, 1.165) is 5.69 Å². The number of benzene rings is 1. The first-order valence-corrected chi connectivity index (χ1v) is 9.07. The molecule has 8 heteroatoms. The van der Waals surface area contributed by atoms with Crippen molar-refractivity contribution in [3.63, 3.8) is 0 Å². The molecule has 2 N–H and O–H groups in total. The zero-order chi connectivity index (χ0) is 20.1. The maximum Gasteiger partial charge on any atom is 0.257 e. The summed E-state index contributed by atoms with van der Waals surface area (Å²) < 4.78 is 0. The first-order chi connectivity index (χ1) is 13.4. The fraction of sp³-hybridized carbons (Fsp3) is 0.300. The molecular formula is C20H23N5O3. The molecule has 8 nitrogen and oxygen atoms in total. The molecule has 28 heavy (non-hydrogen) atoms. The Balaban J connectivity index is 1.64. The van der Waals surface area contributed by atoms with Gasteiger partial charge >= 0.3 is 0 Å². The Morgan fingerprint density at radius 2 is 1.50 bits per heavy atom. The number of rotatable bonds is 4. The lowest BCUT2D eigenvalue weighted by Gasteiger charge is -2.35.